The van der Waals surface area contributed by atoms with E-state index in [9.17, 15) is 9.59 Å². The molecule has 6 heteroatoms. The van der Waals surface area contributed by atoms with Gasteiger partial charge in [0.25, 0.3) is 11.8 Å². The van der Waals surface area contributed by atoms with Gasteiger partial charge in [-0.2, -0.15) is 0 Å². The highest BCUT2D eigenvalue weighted by Crippen LogP contribution is 2.29. The third-order valence-corrected chi connectivity index (χ3v) is 5.05. The van der Waals surface area contributed by atoms with Gasteiger partial charge in [0.2, 0.25) is 0 Å². The lowest BCUT2D eigenvalue weighted by molar-refractivity contribution is 0.0947. The number of fused-ring (bicyclic) bond motifs is 1. The second-order valence-corrected chi connectivity index (χ2v) is 7.11. The molecule has 0 bridgehead atoms. The molecule has 0 spiro atoms. The van der Waals surface area contributed by atoms with Crippen LogP contribution in [0, 0.1) is 0 Å². The first-order valence-electron chi connectivity index (χ1n) is 9.13. The zero-order valence-corrected chi connectivity index (χ0v) is 15.9. The predicted molar refractivity (Wildman–Crippen MR) is 108 cm³/mol. The average molecular weight is 395 g/mol. The molecule has 0 aliphatic carbocycles. The fourth-order valence-corrected chi connectivity index (χ4v) is 3.51. The highest BCUT2D eigenvalue weighted by atomic mass is 35.5. The Morgan fingerprint density at radius 1 is 1.07 bits per heavy atom. The van der Waals surface area contributed by atoms with Crippen LogP contribution in [0.3, 0.4) is 0 Å². The number of aryl methyl sites for hydroxylation is 1. The number of hydrogen-bond acceptors (Lipinski definition) is 3. The van der Waals surface area contributed by atoms with E-state index in [1.807, 2.05) is 18.2 Å². The van der Waals surface area contributed by atoms with Crippen molar-refractivity contribution in [3.63, 3.8) is 0 Å². The van der Waals surface area contributed by atoms with Gasteiger partial charge in [0.05, 0.1) is 12.8 Å². The minimum Gasteiger partial charge on any atom is -0.467 e. The summed E-state index contributed by atoms with van der Waals surface area (Å²) in [7, 11) is 0. The number of anilines is 1. The summed E-state index contributed by atoms with van der Waals surface area (Å²) < 4.78 is 5.23. The largest absolute Gasteiger partial charge is 0.467 e. The minimum absolute atomic E-state index is 0.0624. The van der Waals surface area contributed by atoms with Crippen LogP contribution in [-0.2, 0) is 13.0 Å². The van der Waals surface area contributed by atoms with Crippen LogP contribution in [0.4, 0.5) is 5.69 Å². The molecule has 0 saturated heterocycles. The lowest BCUT2D eigenvalue weighted by Gasteiger charge is -2.30. The maximum absolute atomic E-state index is 12.9. The Bertz CT molecular complexity index is 997. The molecule has 2 amide bonds. The van der Waals surface area contributed by atoms with Gasteiger partial charge in [0, 0.05) is 28.4 Å². The van der Waals surface area contributed by atoms with Gasteiger partial charge in [-0.1, -0.05) is 11.6 Å². The molecule has 1 N–H and O–H groups in total. The van der Waals surface area contributed by atoms with Crippen LogP contribution in [0.5, 0.6) is 0 Å². The molecule has 2 heterocycles. The van der Waals surface area contributed by atoms with E-state index < -0.39 is 0 Å². The van der Waals surface area contributed by atoms with Crippen molar-refractivity contribution in [2.24, 2.45) is 0 Å². The standard InChI is InChI=1S/C22H19ClN2O3/c23-18-8-5-15(6-9-18)22(27)25-11-1-3-16-13-17(7-10-20(16)25)21(26)24-14-19-4-2-12-28-19/h2,4-10,12-13H,1,3,11,14H2,(H,24,26). The summed E-state index contributed by atoms with van der Waals surface area (Å²) in [6, 6.07) is 16.0. The summed E-state index contributed by atoms with van der Waals surface area (Å²) in [5, 5.41) is 3.45. The van der Waals surface area contributed by atoms with Gasteiger partial charge < -0.3 is 14.6 Å². The van der Waals surface area contributed by atoms with Gasteiger partial charge in [0.15, 0.2) is 0 Å². The number of rotatable bonds is 4. The molecule has 28 heavy (non-hydrogen) atoms. The maximum atomic E-state index is 12.9. The van der Waals surface area contributed by atoms with Crippen LogP contribution in [0.25, 0.3) is 0 Å². The molecule has 0 saturated carbocycles. The second-order valence-electron chi connectivity index (χ2n) is 6.67. The third-order valence-electron chi connectivity index (χ3n) is 4.80. The topological polar surface area (TPSA) is 62.6 Å². The van der Waals surface area contributed by atoms with Crippen molar-refractivity contribution in [1.29, 1.82) is 0 Å². The molecular formula is C22H19ClN2O3. The van der Waals surface area contributed by atoms with Crippen LogP contribution in [0.15, 0.2) is 65.3 Å². The molecular weight excluding hydrogens is 376 g/mol. The number of carbonyl (C=O) groups excluding carboxylic acids is 2. The molecule has 0 unspecified atom stereocenters. The monoisotopic (exact) mass is 394 g/mol. The summed E-state index contributed by atoms with van der Waals surface area (Å²) in [4.78, 5) is 27.1. The summed E-state index contributed by atoms with van der Waals surface area (Å²) in [5.41, 5.74) is 3.02. The summed E-state index contributed by atoms with van der Waals surface area (Å²) in [6.07, 6.45) is 3.26. The Balaban J connectivity index is 1.52. The fourth-order valence-electron chi connectivity index (χ4n) is 3.38. The average Bonchev–Trinajstić information content (AvgIpc) is 3.25. The Hall–Kier alpha value is -3.05. The van der Waals surface area contributed by atoms with Gasteiger partial charge in [-0.15, -0.1) is 0 Å². The van der Waals surface area contributed by atoms with Crippen molar-refractivity contribution in [1.82, 2.24) is 5.32 Å². The number of amides is 2. The van der Waals surface area contributed by atoms with Crippen LogP contribution in [0.1, 0.15) is 38.5 Å². The van der Waals surface area contributed by atoms with Gasteiger partial charge in [-0.3, -0.25) is 9.59 Å². The van der Waals surface area contributed by atoms with E-state index in [4.69, 9.17) is 16.0 Å². The zero-order valence-electron chi connectivity index (χ0n) is 15.2. The first-order valence-corrected chi connectivity index (χ1v) is 9.50. The van der Waals surface area contributed by atoms with E-state index in [1.165, 1.54) is 0 Å². The molecule has 3 aromatic rings. The Morgan fingerprint density at radius 2 is 1.86 bits per heavy atom. The quantitative estimate of drug-likeness (QED) is 0.710. The van der Waals surface area contributed by atoms with Crippen molar-refractivity contribution >= 4 is 29.1 Å². The van der Waals surface area contributed by atoms with Crippen LogP contribution < -0.4 is 10.2 Å². The molecule has 0 radical (unpaired) electrons. The van der Waals surface area contributed by atoms with E-state index in [-0.39, 0.29) is 11.8 Å². The number of hydrogen-bond donors (Lipinski definition) is 1. The molecule has 4 rings (SSSR count). The lowest BCUT2D eigenvalue weighted by atomic mass is 9.98. The molecule has 5 nitrogen and oxygen atoms in total. The van der Waals surface area contributed by atoms with Crippen molar-refractivity contribution in [2.45, 2.75) is 19.4 Å². The number of benzene rings is 2. The highest BCUT2D eigenvalue weighted by molar-refractivity contribution is 6.30. The van der Waals surface area contributed by atoms with E-state index >= 15 is 0 Å². The van der Waals surface area contributed by atoms with E-state index in [0.29, 0.717) is 35.0 Å². The fraction of sp³-hybridized carbons (Fsp3) is 0.182. The minimum atomic E-state index is -0.166. The van der Waals surface area contributed by atoms with E-state index in [0.717, 1.165) is 24.1 Å². The summed E-state index contributed by atoms with van der Waals surface area (Å²) in [5.74, 6) is 0.471. The molecule has 1 aromatic heterocycles. The smallest absolute Gasteiger partial charge is 0.258 e. The number of carbonyl (C=O) groups is 2. The Morgan fingerprint density at radius 3 is 2.61 bits per heavy atom. The van der Waals surface area contributed by atoms with Crippen LogP contribution >= 0.6 is 11.6 Å². The van der Waals surface area contributed by atoms with Crippen molar-refractivity contribution in [3.05, 3.63) is 88.3 Å². The number of nitrogens with zero attached hydrogens (tertiary/aromatic N) is 1. The lowest BCUT2D eigenvalue weighted by Crippen LogP contribution is -2.35. The number of halogens is 1. The van der Waals surface area contributed by atoms with Crippen molar-refractivity contribution in [3.8, 4) is 0 Å². The normalized spacial score (nSPS) is 13.1. The maximum Gasteiger partial charge on any atom is 0.258 e. The highest BCUT2D eigenvalue weighted by Gasteiger charge is 2.24. The molecule has 0 fully saturated rings. The third kappa shape index (κ3) is 3.80. The van der Waals surface area contributed by atoms with Gasteiger partial charge in [-0.25, -0.2) is 0 Å². The molecule has 1 aliphatic rings. The Kier molecular flexibility index (Phi) is 5.17. The number of furan rings is 1. The molecule has 2 aromatic carbocycles. The van der Waals surface area contributed by atoms with Gasteiger partial charge in [0.1, 0.15) is 5.76 Å². The summed E-state index contributed by atoms with van der Waals surface area (Å²) in [6.45, 7) is 0.989. The first kappa shape index (κ1) is 18.3. The van der Waals surface area contributed by atoms with Crippen molar-refractivity contribution in [2.75, 3.05) is 11.4 Å². The summed E-state index contributed by atoms with van der Waals surface area (Å²) >= 11 is 5.92. The van der Waals surface area contributed by atoms with Gasteiger partial charge in [-0.05, 0) is 73.0 Å². The first-order chi connectivity index (χ1) is 13.6. The zero-order chi connectivity index (χ0) is 19.5. The molecule has 1 aliphatic heterocycles. The Labute approximate surface area is 167 Å². The SMILES string of the molecule is O=C(NCc1ccco1)c1ccc2c(c1)CCCN2C(=O)c1ccc(Cl)cc1. The molecule has 142 valence electrons. The van der Waals surface area contributed by atoms with Crippen LogP contribution in [0.2, 0.25) is 5.02 Å². The molecule has 0 atom stereocenters. The van der Waals surface area contributed by atoms with Crippen LogP contribution in [-0.4, -0.2) is 18.4 Å². The van der Waals surface area contributed by atoms with E-state index in [2.05, 4.69) is 5.32 Å². The second kappa shape index (κ2) is 7.90. The van der Waals surface area contributed by atoms with Crippen molar-refractivity contribution < 1.29 is 14.0 Å². The van der Waals surface area contributed by atoms with E-state index in [1.54, 1.807) is 47.6 Å². The number of nitrogens with one attached hydrogen (secondary N) is 1. The van der Waals surface area contributed by atoms with Gasteiger partial charge >= 0.3 is 0 Å². The predicted octanol–water partition coefficient (Wildman–Crippen LogP) is 4.46.